The number of rotatable bonds is 3. The molecule has 1 atom stereocenters. The number of likely N-dealkylation sites (N-methyl/N-ethyl adjacent to an activating group) is 1. The van der Waals surface area contributed by atoms with E-state index in [1.54, 1.807) is 0 Å². The minimum atomic E-state index is 0.0787. The molecule has 0 aromatic rings. The third-order valence-electron chi connectivity index (χ3n) is 4.35. The zero-order chi connectivity index (χ0) is 13.0. The van der Waals surface area contributed by atoms with Gasteiger partial charge in [0.15, 0.2) is 0 Å². The Morgan fingerprint density at radius 1 is 1.28 bits per heavy atom. The predicted molar refractivity (Wildman–Crippen MR) is 73.5 cm³/mol. The van der Waals surface area contributed by atoms with Crippen LogP contribution in [0.1, 0.15) is 32.1 Å². The van der Waals surface area contributed by atoms with Crippen LogP contribution in [-0.4, -0.2) is 62.0 Å². The molecule has 0 radical (unpaired) electrons. The van der Waals surface area contributed by atoms with Gasteiger partial charge >= 0.3 is 0 Å². The molecule has 0 aliphatic carbocycles. The summed E-state index contributed by atoms with van der Waals surface area (Å²) in [6, 6.07) is 0.0787. The van der Waals surface area contributed by atoms with Gasteiger partial charge in [0, 0.05) is 13.6 Å². The number of nitrogens with zero attached hydrogens (tertiary/aromatic N) is 2. The van der Waals surface area contributed by atoms with Crippen LogP contribution in [0.3, 0.4) is 0 Å². The minimum Gasteiger partial charge on any atom is -0.344 e. The SMILES string of the molecule is CN1CCC(CN(C)C(=O)[C@@H]2CCCCN2)CC1. The van der Waals surface area contributed by atoms with E-state index in [-0.39, 0.29) is 6.04 Å². The molecule has 2 aliphatic rings. The lowest BCUT2D eigenvalue weighted by atomic mass is 9.96. The van der Waals surface area contributed by atoms with Crippen molar-refractivity contribution in [1.29, 1.82) is 0 Å². The molecule has 4 heteroatoms. The van der Waals surface area contributed by atoms with Crippen LogP contribution >= 0.6 is 0 Å². The summed E-state index contributed by atoms with van der Waals surface area (Å²) in [5, 5.41) is 3.34. The van der Waals surface area contributed by atoms with E-state index >= 15 is 0 Å². The fourth-order valence-corrected chi connectivity index (χ4v) is 3.05. The van der Waals surface area contributed by atoms with E-state index in [0.29, 0.717) is 11.8 Å². The molecule has 0 saturated carbocycles. The van der Waals surface area contributed by atoms with Crippen molar-refractivity contribution >= 4 is 5.91 Å². The fourth-order valence-electron chi connectivity index (χ4n) is 3.05. The maximum Gasteiger partial charge on any atom is 0.239 e. The molecule has 2 saturated heterocycles. The molecule has 0 bridgehead atoms. The van der Waals surface area contributed by atoms with Crippen molar-refractivity contribution in [2.75, 3.05) is 40.3 Å². The lowest BCUT2D eigenvalue weighted by molar-refractivity contribution is -0.133. The Morgan fingerprint density at radius 2 is 2.00 bits per heavy atom. The molecule has 1 N–H and O–H groups in total. The quantitative estimate of drug-likeness (QED) is 0.813. The van der Waals surface area contributed by atoms with Gasteiger partial charge in [0.25, 0.3) is 0 Å². The largest absolute Gasteiger partial charge is 0.344 e. The van der Waals surface area contributed by atoms with Gasteiger partial charge in [-0.1, -0.05) is 6.42 Å². The first kappa shape index (κ1) is 13.8. The van der Waals surface area contributed by atoms with Crippen LogP contribution in [0.15, 0.2) is 0 Å². The second kappa shape index (κ2) is 6.53. The summed E-state index contributed by atoms with van der Waals surface area (Å²) >= 11 is 0. The second-order valence-corrected chi connectivity index (χ2v) is 5.97. The summed E-state index contributed by atoms with van der Waals surface area (Å²) in [5.74, 6) is 0.993. The number of carbonyl (C=O) groups is 1. The Balaban J connectivity index is 1.76. The number of hydrogen-bond acceptors (Lipinski definition) is 3. The van der Waals surface area contributed by atoms with E-state index in [4.69, 9.17) is 0 Å². The Hall–Kier alpha value is -0.610. The maximum atomic E-state index is 12.3. The van der Waals surface area contributed by atoms with Gasteiger partial charge in [-0.25, -0.2) is 0 Å². The smallest absolute Gasteiger partial charge is 0.239 e. The van der Waals surface area contributed by atoms with E-state index in [1.165, 1.54) is 38.8 Å². The Bertz CT molecular complexity index is 268. The standard InChI is InChI=1S/C14H27N3O/c1-16-9-6-12(7-10-16)11-17(2)14(18)13-5-3-4-8-15-13/h12-13,15H,3-11H2,1-2H3/t13-/m0/s1. The summed E-state index contributed by atoms with van der Waals surface area (Å²) < 4.78 is 0. The molecule has 1 amide bonds. The molecule has 0 spiro atoms. The summed E-state index contributed by atoms with van der Waals surface area (Å²) in [6.07, 6.45) is 5.86. The first-order valence-corrected chi connectivity index (χ1v) is 7.33. The maximum absolute atomic E-state index is 12.3. The highest BCUT2D eigenvalue weighted by Gasteiger charge is 2.26. The second-order valence-electron chi connectivity index (χ2n) is 5.97. The van der Waals surface area contributed by atoms with Crippen LogP contribution < -0.4 is 5.32 Å². The van der Waals surface area contributed by atoms with Crippen molar-refractivity contribution in [3.05, 3.63) is 0 Å². The van der Waals surface area contributed by atoms with Gasteiger partial charge in [0.1, 0.15) is 0 Å². The van der Waals surface area contributed by atoms with Crippen molar-refractivity contribution in [3.63, 3.8) is 0 Å². The van der Waals surface area contributed by atoms with Crippen molar-refractivity contribution in [3.8, 4) is 0 Å². The number of nitrogens with one attached hydrogen (secondary N) is 1. The van der Waals surface area contributed by atoms with Crippen molar-refractivity contribution in [2.45, 2.75) is 38.1 Å². The molecular formula is C14H27N3O. The molecule has 0 aromatic carbocycles. The van der Waals surface area contributed by atoms with E-state index in [0.717, 1.165) is 19.5 Å². The van der Waals surface area contributed by atoms with Gasteiger partial charge in [0.2, 0.25) is 5.91 Å². The molecule has 2 fully saturated rings. The van der Waals surface area contributed by atoms with E-state index in [1.807, 2.05) is 11.9 Å². The molecule has 4 nitrogen and oxygen atoms in total. The van der Waals surface area contributed by atoms with Gasteiger partial charge < -0.3 is 15.1 Å². The summed E-state index contributed by atoms with van der Waals surface area (Å²) in [5.41, 5.74) is 0. The van der Waals surface area contributed by atoms with Crippen LogP contribution in [0.5, 0.6) is 0 Å². The number of carbonyl (C=O) groups excluding carboxylic acids is 1. The Morgan fingerprint density at radius 3 is 2.61 bits per heavy atom. The summed E-state index contributed by atoms with van der Waals surface area (Å²) in [6.45, 7) is 4.28. The van der Waals surface area contributed by atoms with E-state index in [2.05, 4.69) is 17.3 Å². The Kier molecular flexibility index (Phi) is 5.01. The number of likely N-dealkylation sites (tertiary alicyclic amines) is 1. The van der Waals surface area contributed by atoms with Crippen molar-refractivity contribution in [1.82, 2.24) is 15.1 Å². The highest BCUT2D eigenvalue weighted by Crippen LogP contribution is 2.18. The average molecular weight is 253 g/mol. The first-order valence-electron chi connectivity index (χ1n) is 7.33. The van der Waals surface area contributed by atoms with Gasteiger partial charge in [-0.3, -0.25) is 4.79 Å². The highest BCUT2D eigenvalue weighted by molar-refractivity contribution is 5.81. The molecule has 0 unspecified atom stereocenters. The first-order chi connectivity index (χ1) is 8.66. The summed E-state index contributed by atoms with van der Waals surface area (Å²) in [4.78, 5) is 16.6. The third kappa shape index (κ3) is 3.69. The number of amides is 1. The fraction of sp³-hybridized carbons (Fsp3) is 0.929. The van der Waals surface area contributed by atoms with Gasteiger partial charge in [-0.15, -0.1) is 0 Å². The Labute approximate surface area is 111 Å². The molecule has 18 heavy (non-hydrogen) atoms. The number of piperidine rings is 2. The van der Waals surface area contributed by atoms with Crippen LogP contribution in [0.4, 0.5) is 0 Å². The predicted octanol–water partition coefficient (Wildman–Crippen LogP) is 0.929. The lowest BCUT2D eigenvalue weighted by Crippen LogP contribution is -2.49. The highest BCUT2D eigenvalue weighted by atomic mass is 16.2. The van der Waals surface area contributed by atoms with Crippen LogP contribution in [-0.2, 0) is 4.79 Å². The van der Waals surface area contributed by atoms with Crippen molar-refractivity contribution < 1.29 is 4.79 Å². The minimum absolute atomic E-state index is 0.0787. The van der Waals surface area contributed by atoms with Gasteiger partial charge in [0.05, 0.1) is 6.04 Å². The molecular weight excluding hydrogens is 226 g/mol. The topological polar surface area (TPSA) is 35.6 Å². The lowest BCUT2D eigenvalue weighted by Gasteiger charge is -2.33. The number of hydrogen-bond donors (Lipinski definition) is 1. The van der Waals surface area contributed by atoms with Crippen LogP contribution in [0, 0.1) is 5.92 Å². The average Bonchev–Trinajstić information content (AvgIpc) is 2.41. The third-order valence-corrected chi connectivity index (χ3v) is 4.35. The zero-order valence-corrected chi connectivity index (χ0v) is 11.8. The van der Waals surface area contributed by atoms with Crippen LogP contribution in [0.25, 0.3) is 0 Å². The molecule has 2 aliphatic heterocycles. The molecule has 104 valence electrons. The van der Waals surface area contributed by atoms with Crippen molar-refractivity contribution in [2.24, 2.45) is 5.92 Å². The molecule has 2 heterocycles. The monoisotopic (exact) mass is 253 g/mol. The van der Waals surface area contributed by atoms with Crippen LogP contribution in [0.2, 0.25) is 0 Å². The van der Waals surface area contributed by atoms with Gasteiger partial charge in [-0.05, 0) is 58.3 Å². The van der Waals surface area contributed by atoms with E-state index in [9.17, 15) is 4.79 Å². The normalized spacial score (nSPS) is 27.1. The molecule has 0 aromatic heterocycles. The van der Waals surface area contributed by atoms with E-state index < -0.39 is 0 Å². The summed E-state index contributed by atoms with van der Waals surface area (Å²) in [7, 11) is 4.15. The zero-order valence-electron chi connectivity index (χ0n) is 11.8. The molecule has 2 rings (SSSR count). The van der Waals surface area contributed by atoms with Gasteiger partial charge in [-0.2, -0.15) is 0 Å².